The van der Waals surface area contributed by atoms with E-state index in [9.17, 15) is 0 Å². The van der Waals surface area contributed by atoms with E-state index in [1.54, 1.807) is 0 Å². The van der Waals surface area contributed by atoms with Crippen molar-refractivity contribution in [3.8, 4) is 0 Å². The van der Waals surface area contributed by atoms with E-state index in [2.05, 4.69) is 32.6 Å². The molecule has 0 spiro atoms. The number of nitrogens with zero attached hydrogens (tertiary/aromatic N) is 1. The molecule has 0 radical (unpaired) electrons. The van der Waals surface area contributed by atoms with E-state index in [4.69, 9.17) is 10.5 Å². The Morgan fingerprint density at radius 3 is 2.27 bits per heavy atom. The third-order valence-corrected chi connectivity index (χ3v) is 3.15. The molecule has 0 aromatic heterocycles. The minimum atomic E-state index is 0.269. The van der Waals surface area contributed by atoms with Gasteiger partial charge in [0.2, 0.25) is 0 Å². The summed E-state index contributed by atoms with van der Waals surface area (Å²) in [6.07, 6.45) is 1.91. The van der Waals surface area contributed by atoms with E-state index in [0.717, 1.165) is 26.2 Å². The van der Waals surface area contributed by atoms with E-state index in [1.807, 2.05) is 0 Å². The van der Waals surface area contributed by atoms with Gasteiger partial charge >= 0.3 is 0 Å². The van der Waals surface area contributed by atoms with Crippen LogP contribution in [0.25, 0.3) is 0 Å². The smallest absolute Gasteiger partial charge is 0.0678 e. The standard InChI is InChI=1S/C12H26N2O/c1-10-7-14(8-11(2)15-10)6-5-12(3,4)9-13/h10-11H,5-9,13H2,1-4H3/t10-,11+. The molecule has 3 nitrogen and oxygen atoms in total. The molecule has 90 valence electrons. The first kappa shape index (κ1) is 12.9. The highest BCUT2D eigenvalue weighted by atomic mass is 16.5. The maximum absolute atomic E-state index is 5.73. The van der Waals surface area contributed by atoms with Crippen LogP contribution in [0.4, 0.5) is 0 Å². The minimum Gasteiger partial charge on any atom is -0.373 e. The van der Waals surface area contributed by atoms with Gasteiger partial charge in [-0.3, -0.25) is 4.90 Å². The van der Waals surface area contributed by atoms with Gasteiger partial charge in [-0.15, -0.1) is 0 Å². The Hall–Kier alpha value is -0.120. The maximum atomic E-state index is 5.73. The number of hydrogen-bond acceptors (Lipinski definition) is 3. The third-order valence-electron chi connectivity index (χ3n) is 3.15. The zero-order valence-corrected chi connectivity index (χ0v) is 10.6. The van der Waals surface area contributed by atoms with Gasteiger partial charge in [0.15, 0.2) is 0 Å². The molecule has 0 unspecified atom stereocenters. The average Bonchev–Trinajstić information content (AvgIpc) is 2.14. The van der Waals surface area contributed by atoms with Crippen molar-refractivity contribution in [2.24, 2.45) is 11.1 Å². The number of nitrogens with two attached hydrogens (primary N) is 1. The van der Waals surface area contributed by atoms with Gasteiger partial charge in [0.1, 0.15) is 0 Å². The van der Waals surface area contributed by atoms with Crippen LogP contribution in [0.5, 0.6) is 0 Å². The summed E-state index contributed by atoms with van der Waals surface area (Å²) in [5.41, 5.74) is 6.00. The van der Waals surface area contributed by atoms with Gasteiger partial charge in [0.25, 0.3) is 0 Å². The molecule has 0 saturated carbocycles. The second-order valence-electron chi connectivity index (χ2n) is 5.64. The Bertz CT molecular complexity index is 184. The average molecular weight is 214 g/mol. The molecule has 0 amide bonds. The van der Waals surface area contributed by atoms with Crippen LogP contribution in [0.3, 0.4) is 0 Å². The lowest BCUT2D eigenvalue weighted by atomic mass is 9.89. The summed E-state index contributed by atoms with van der Waals surface area (Å²) in [6.45, 7) is 12.8. The molecule has 2 atom stereocenters. The number of hydrogen-bond donors (Lipinski definition) is 1. The molecule has 0 aromatic carbocycles. The fourth-order valence-electron chi connectivity index (χ4n) is 2.03. The molecule has 0 aliphatic carbocycles. The molecule has 0 bridgehead atoms. The first-order valence-electron chi connectivity index (χ1n) is 6.01. The molecule has 1 aliphatic heterocycles. The van der Waals surface area contributed by atoms with Crippen molar-refractivity contribution in [3.63, 3.8) is 0 Å². The minimum absolute atomic E-state index is 0.269. The molecular formula is C12H26N2O. The summed E-state index contributed by atoms with van der Waals surface area (Å²) in [7, 11) is 0. The molecule has 1 fully saturated rings. The van der Waals surface area contributed by atoms with Crippen LogP contribution < -0.4 is 5.73 Å². The van der Waals surface area contributed by atoms with Gasteiger partial charge < -0.3 is 10.5 Å². The lowest BCUT2D eigenvalue weighted by Crippen LogP contribution is -2.46. The molecule has 3 heteroatoms. The maximum Gasteiger partial charge on any atom is 0.0678 e. The first-order chi connectivity index (χ1) is 6.93. The molecule has 1 aliphatic rings. The van der Waals surface area contributed by atoms with Crippen molar-refractivity contribution in [2.75, 3.05) is 26.2 Å². The van der Waals surface area contributed by atoms with Gasteiger partial charge in [-0.25, -0.2) is 0 Å². The molecule has 1 heterocycles. The fraction of sp³-hybridized carbons (Fsp3) is 1.00. The van der Waals surface area contributed by atoms with Crippen molar-refractivity contribution in [1.29, 1.82) is 0 Å². The van der Waals surface area contributed by atoms with Crippen molar-refractivity contribution in [2.45, 2.75) is 46.3 Å². The van der Waals surface area contributed by atoms with E-state index in [1.165, 1.54) is 6.42 Å². The monoisotopic (exact) mass is 214 g/mol. The second-order valence-corrected chi connectivity index (χ2v) is 5.64. The van der Waals surface area contributed by atoms with Crippen LogP contribution in [0.2, 0.25) is 0 Å². The highest BCUT2D eigenvalue weighted by Crippen LogP contribution is 2.20. The van der Waals surface area contributed by atoms with Crippen molar-refractivity contribution >= 4 is 0 Å². The molecule has 1 rings (SSSR count). The largest absolute Gasteiger partial charge is 0.373 e. The zero-order valence-electron chi connectivity index (χ0n) is 10.6. The van der Waals surface area contributed by atoms with Crippen molar-refractivity contribution < 1.29 is 4.74 Å². The zero-order chi connectivity index (χ0) is 11.5. The topological polar surface area (TPSA) is 38.5 Å². The first-order valence-corrected chi connectivity index (χ1v) is 6.01. The third kappa shape index (κ3) is 4.49. The molecule has 1 saturated heterocycles. The Morgan fingerprint density at radius 2 is 1.80 bits per heavy atom. The van der Waals surface area contributed by atoms with Crippen LogP contribution in [0.1, 0.15) is 34.1 Å². The highest BCUT2D eigenvalue weighted by molar-refractivity contribution is 4.76. The van der Waals surface area contributed by atoms with Gasteiger partial charge in [-0.2, -0.15) is 0 Å². The van der Waals surface area contributed by atoms with Crippen molar-refractivity contribution in [3.05, 3.63) is 0 Å². The van der Waals surface area contributed by atoms with Crippen LogP contribution in [-0.4, -0.2) is 43.3 Å². The predicted molar refractivity (Wildman–Crippen MR) is 63.9 cm³/mol. The van der Waals surface area contributed by atoms with E-state index in [0.29, 0.717) is 12.2 Å². The van der Waals surface area contributed by atoms with Gasteiger partial charge in [-0.05, 0) is 38.8 Å². The van der Waals surface area contributed by atoms with Crippen LogP contribution in [0.15, 0.2) is 0 Å². The molecule has 15 heavy (non-hydrogen) atoms. The lowest BCUT2D eigenvalue weighted by molar-refractivity contribution is -0.0698. The predicted octanol–water partition coefficient (Wildman–Crippen LogP) is 1.47. The summed E-state index contributed by atoms with van der Waals surface area (Å²) in [6, 6.07) is 0. The van der Waals surface area contributed by atoms with Crippen LogP contribution >= 0.6 is 0 Å². The summed E-state index contributed by atoms with van der Waals surface area (Å²) < 4.78 is 5.71. The summed E-state index contributed by atoms with van der Waals surface area (Å²) >= 11 is 0. The molecule has 2 N–H and O–H groups in total. The lowest BCUT2D eigenvalue weighted by Gasteiger charge is -2.37. The van der Waals surface area contributed by atoms with Crippen molar-refractivity contribution in [1.82, 2.24) is 4.90 Å². The summed E-state index contributed by atoms with van der Waals surface area (Å²) in [5, 5.41) is 0. The Labute approximate surface area is 94.0 Å². The van der Waals surface area contributed by atoms with Gasteiger partial charge in [-0.1, -0.05) is 13.8 Å². The normalized spacial score (nSPS) is 29.4. The van der Waals surface area contributed by atoms with E-state index < -0.39 is 0 Å². The molecule has 0 aromatic rings. The summed E-state index contributed by atoms with van der Waals surface area (Å²) in [4.78, 5) is 2.50. The van der Waals surface area contributed by atoms with E-state index >= 15 is 0 Å². The number of rotatable bonds is 4. The SMILES string of the molecule is C[C@@H]1CN(CCC(C)(C)CN)C[C@H](C)O1. The number of ether oxygens (including phenoxy) is 1. The summed E-state index contributed by atoms with van der Waals surface area (Å²) in [5.74, 6) is 0. The van der Waals surface area contributed by atoms with Gasteiger partial charge in [0.05, 0.1) is 12.2 Å². The quantitative estimate of drug-likeness (QED) is 0.770. The van der Waals surface area contributed by atoms with Gasteiger partial charge in [0, 0.05) is 13.1 Å². The molecular weight excluding hydrogens is 188 g/mol. The second kappa shape index (κ2) is 5.28. The van der Waals surface area contributed by atoms with Crippen LogP contribution in [0, 0.1) is 5.41 Å². The Balaban J connectivity index is 2.32. The highest BCUT2D eigenvalue weighted by Gasteiger charge is 2.24. The van der Waals surface area contributed by atoms with E-state index in [-0.39, 0.29) is 5.41 Å². The fourth-order valence-corrected chi connectivity index (χ4v) is 2.03. The van der Waals surface area contributed by atoms with Crippen LogP contribution in [-0.2, 0) is 4.74 Å². The number of morpholine rings is 1. The Kier molecular flexibility index (Phi) is 4.56. The Morgan fingerprint density at radius 1 is 1.27 bits per heavy atom.